The van der Waals surface area contributed by atoms with Gasteiger partial charge >= 0.3 is 0 Å². The van der Waals surface area contributed by atoms with Gasteiger partial charge in [-0.25, -0.2) is 12.8 Å². The van der Waals surface area contributed by atoms with Crippen LogP contribution in [0.3, 0.4) is 0 Å². The average molecular weight is 354 g/mol. The summed E-state index contributed by atoms with van der Waals surface area (Å²) < 4.78 is 39.7. The van der Waals surface area contributed by atoms with Crippen molar-refractivity contribution in [3.8, 4) is 0 Å². The summed E-state index contributed by atoms with van der Waals surface area (Å²) in [5.41, 5.74) is 0. The van der Waals surface area contributed by atoms with Crippen LogP contribution in [0, 0.1) is 11.7 Å². The minimum absolute atomic E-state index is 0.396. The summed E-state index contributed by atoms with van der Waals surface area (Å²) in [6.45, 7) is 3.13. The first-order valence-corrected chi connectivity index (χ1v) is 9.39. The molecule has 1 aromatic rings. The van der Waals surface area contributed by atoms with E-state index in [1.165, 1.54) is 34.2 Å². The Balaban J connectivity index is 2.42. The molecule has 1 fully saturated rings. The van der Waals surface area contributed by atoms with Gasteiger partial charge in [-0.05, 0) is 30.9 Å². The number of likely N-dealkylation sites (tertiary alicyclic amines) is 1. The van der Waals surface area contributed by atoms with Gasteiger partial charge in [0, 0.05) is 33.4 Å². The Labute approximate surface area is 142 Å². The lowest BCUT2D eigenvalue weighted by Gasteiger charge is -2.31. The summed E-state index contributed by atoms with van der Waals surface area (Å²) in [5, 5.41) is 0. The summed E-state index contributed by atoms with van der Waals surface area (Å²) >= 11 is 0. The highest BCUT2D eigenvalue weighted by atomic mass is 32.2. The largest absolute Gasteiger partial charge is 0.382 e. The lowest BCUT2D eigenvalue weighted by Crippen LogP contribution is -2.40. The average Bonchev–Trinajstić information content (AvgIpc) is 2.52. The number of carbonyl (C=O) groups is 1. The monoisotopic (exact) mass is 354 g/mol. The number of amides is 1. The summed E-state index contributed by atoms with van der Waals surface area (Å²) in [4.78, 5) is 14.9. The van der Waals surface area contributed by atoms with Crippen LogP contribution in [-0.2, 0) is 14.6 Å². The van der Waals surface area contributed by atoms with Crippen LogP contribution in [0.25, 0.3) is 0 Å². The Morgan fingerprint density at radius 3 is 2.38 bits per heavy atom. The van der Waals surface area contributed by atoms with Gasteiger partial charge in [-0.15, -0.1) is 0 Å². The lowest BCUT2D eigenvalue weighted by molar-refractivity contribution is -0.127. The Morgan fingerprint density at radius 2 is 1.83 bits per heavy atom. The maximum absolute atomic E-state index is 14.0. The van der Waals surface area contributed by atoms with E-state index in [4.69, 9.17) is 0 Å². The van der Waals surface area contributed by atoms with Gasteiger partial charge in [0.1, 0.15) is 10.7 Å². The highest BCUT2D eigenvalue weighted by Crippen LogP contribution is 2.26. The molecule has 0 radical (unpaired) electrons. The van der Waals surface area contributed by atoms with E-state index < -0.39 is 31.4 Å². The molecule has 0 bridgehead atoms. The topological polar surface area (TPSA) is 57.7 Å². The van der Waals surface area contributed by atoms with Crippen molar-refractivity contribution in [2.45, 2.75) is 24.7 Å². The third kappa shape index (κ3) is 3.95. The normalized spacial score (nSPS) is 17.0. The number of piperidine rings is 1. The Bertz CT molecular complexity index is 736. The van der Waals surface area contributed by atoms with Gasteiger partial charge in [-0.3, -0.25) is 4.79 Å². The lowest BCUT2D eigenvalue weighted by atomic mass is 9.99. The van der Waals surface area contributed by atoms with E-state index in [1.54, 1.807) is 14.1 Å². The van der Waals surface area contributed by atoms with Gasteiger partial charge in [0.2, 0.25) is 9.84 Å². The molecule has 1 aliphatic rings. The van der Waals surface area contributed by atoms with Crippen molar-refractivity contribution >= 4 is 15.7 Å². The zero-order valence-corrected chi connectivity index (χ0v) is 15.0. The van der Waals surface area contributed by atoms with Crippen molar-refractivity contribution in [2.75, 3.05) is 27.2 Å². The maximum atomic E-state index is 14.0. The van der Waals surface area contributed by atoms with E-state index in [-0.39, 0.29) is 0 Å². The van der Waals surface area contributed by atoms with E-state index in [0.29, 0.717) is 19.0 Å². The second-order valence-electron chi connectivity index (χ2n) is 6.37. The Hall–Kier alpha value is -1.89. The molecule has 0 atom stereocenters. The van der Waals surface area contributed by atoms with Crippen LogP contribution in [0.5, 0.6) is 0 Å². The number of nitrogens with zero attached hydrogens (tertiary/aromatic N) is 2. The summed E-state index contributed by atoms with van der Waals surface area (Å²) in [6.07, 6.45) is 2.92. The molecule has 0 unspecified atom stereocenters. The van der Waals surface area contributed by atoms with Crippen molar-refractivity contribution < 1.29 is 17.6 Å². The quantitative estimate of drug-likeness (QED) is 0.779. The highest BCUT2D eigenvalue weighted by molar-refractivity contribution is 7.96. The molecule has 24 heavy (non-hydrogen) atoms. The van der Waals surface area contributed by atoms with Gasteiger partial charge in [0.05, 0.1) is 0 Å². The SMILES string of the molecule is CC1CCN(C(=O)C(=CN(C)C)S(=O)(=O)c2ccccc2F)CC1. The van der Waals surface area contributed by atoms with E-state index in [2.05, 4.69) is 6.92 Å². The van der Waals surface area contributed by atoms with Crippen LogP contribution in [0.15, 0.2) is 40.3 Å². The molecule has 7 heteroatoms. The summed E-state index contributed by atoms with van der Waals surface area (Å²) in [6, 6.07) is 5.11. The number of benzene rings is 1. The fourth-order valence-electron chi connectivity index (χ4n) is 2.62. The molecule has 1 amide bonds. The molecule has 1 heterocycles. The van der Waals surface area contributed by atoms with Crippen molar-refractivity contribution in [3.63, 3.8) is 0 Å². The summed E-state index contributed by atoms with van der Waals surface area (Å²) in [7, 11) is -0.981. The fourth-order valence-corrected chi connectivity index (χ4v) is 4.15. The standard InChI is InChI=1S/C17H23FN2O3S/c1-13-8-10-20(11-9-13)17(21)16(12-19(2)3)24(22,23)15-7-5-4-6-14(15)18/h4-7,12-13H,8-11H2,1-3H3. The molecule has 0 aliphatic carbocycles. The Kier molecular flexibility index (Phi) is 5.64. The predicted molar refractivity (Wildman–Crippen MR) is 90.3 cm³/mol. The van der Waals surface area contributed by atoms with Crippen molar-refractivity contribution in [3.05, 3.63) is 41.2 Å². The second-order valence-corrected chi connectivity index (χ2v) is 8.25. The fraction of sp³-hybridized carbons (Fsp3) is 0.471. The maximum Gasteiger partial charge on any atom is 0.267 e. The number of sulfone groups is 1. The first kappa shape index (κ1) is 18.4. The van der Waals surface area contributed by atoms with Gasteiger partial charge in [0.25, 0.3) is 5.91 Å². The molecule has 0 saturated carbocycles. The van der Waals surface area contributed by atoms with Crippen LogP contribution in [0.2, 0.25) is 0 Å². The number of hydrogen-bond acceptors (Lipinski definition) is 4. The van der Waals surface area contributed by atoms with Gasteiger partial charge in [0.15, 0.2) is 4.91 Å². The van der Waals surface area contributed by atoms with Gasteiger partial charge in [-0.2, -0.15) is 0 Å². The number of halogens is 1. The van der Waals surface area contributed by atoms with Crippen molar-refractivity contribution in [1.29, 1.82) is 0 Å². The summed E-state index contributed by atoms with van der Waals surface area (Å²) in [5.74, 6) is -0.917. The molecule has 1 aliphatic heterocycles. The molecule has 1 aromatic carbocycles. The van der Waals surface area contributed by atoms with Gasteiger partial charge < -0.3 is 9.80 Å². The highest BCUT2D eigenvalue weighted by Gasteiger charge is 2.33. The molecule has 2 rings (SSSR count). The third-order valence-corrected chi connectivity index (χ3v) is 5.84. The van der Waals surface area contributed by atoms with E-state index in [9.17, 15) is 17.6 Å². The van der Waals surface area contributed by atoms with Crippen molar-refractivity contribution in [2.24, 2.45) is 5.92 Å². The molecule has 0 spiro atoms. The van der Waals surface area contributed by atoms with Gasteiger partial charge in [-0.1, -0.05) is 19.1 Å². The smallest absolute Gasteiger partial charge is 0.267 e. The van der Waals surface area contributed by atoms with Crippen LogP contribution in [0.4, 0.5) is 4.39 Å². The first-order chi connectivity index (χ1) is 11.2. The Morgan fingerprint density at radius 1 is 1.25 bits per heavy atom. The van der Waals surface area contributed by atoms with E-state index in [1.807, 2.05) is 0 Å². The second kappa shape index (κ2) is 7.34. The first-order valence-electron chi connectivity index (χ1n) is 7.90. The van der Waals surface area contributed by atoms with E-state index >= 15 is 0 Å². The molecule has 0 N–H and O–H groups in total. The van der Waals surface area contributed by atoms with Crippen LogP contribution >= 0.6 is 0 Å². The molecule has 1 saturated heterocycles. The molecule has 132 valence electrons. The van der Waals surface area contributed by atoms with Crippen LogP contribution < -0.4 is 0 Å². The van der Waals surface area contributed by atoms with E-state index in [0.717, 1.165) is 18.9 Å². The third-order valence-electron chi connectivity index (χ3n) is 4.07. The van der Waals surface area contributed by atoms with Crippen LogP contribution in [0.1, 0.15) is 19.8 Å². The molecule has 5 nitrogen and oxygen atoms in total. The zero-order chi connectivity index (χ0) is 17.9. The van der Waals surface area contributed by atoms with Crippen LogP contribution in [-0.4, -0.2) is 51.3 Å². The number of carbonyl (C=O) groups excluding carboxylic acids is 1. The number of hydrogen-bond donors (Lipinski definition) is 0. The molecular weight excluding hydrogens is 331 g/mol. The minimum Gasteiger partial charge on any atom is -0.382 e. The predicted octanol–water partition coefficient (Wildman–Crippen LogP) is 2.26. The van der Waals surface area contributed by atoms with Crippen molar-refractivity contribution in [1.82, 2.24) is 9.80 Å². The number of rotatable bonds is 4. The molecule has 0 aromatic heterocycles. The molecular formula is C17H23FN2O3S. The zero-order valence-electron chi connectivity index (χ0n) is 14.2. The minimum atomic E-state index is -4.24.